The largest absolute Gasteiger partial charge is 0.494 e. The number of halogens is 2. The Kier molecular flexibility index (Phi) is 5.18. The monoisotopic (exact) mass is 495 g/mol. The summed E-state index contributed by atoms with van der Waals surface area (Å²) in [4.78, 5) is -0.353. The predicted octanol–water partition coefficient (Wildman–Crippen LogP) is 0.926. The third-order valence-electron chi connectivity index (χ3n) is 3.78. The van der Waals surface area contributed by atoms with E-state index in [1.807, 2.05) is 9.18 Å². The fraction of sp³-hybridized carbons (Fsp3) is 0.385. The molecule has 0 fully saturated rings. The van der Waals surface area contributed by atoms with Gasteiger partial charge >= 0.3 is 0 Å². The first-order valence-corrected chi connectivity index (χ1v) is 8.92. The lowest BCUT2D eigenvalue weighted by Crippen LogP contribution is -2.52. The second-order valence-electron chi connectivity index (χ2n) is 5.22. The first-order valence-electron chi connectivity index (χ1n) is 7.04. The minimum Gasteiger partial charge on any atom is -0.494 e. The number of hydrogen-bond donors (Lipinski definition) is 6. The van der Waals surface area contributed by atoms with Crippen molar-refractivity contribution in [1.29, 1.82) is 0 Å². The van der Waals surface area contributed by atoms with E-state index in [0.717, 1.165) is 40.6 Å². The molecule has 0 aliphatic carbocycles. The molecule has 0 spiro atoms. The highest BCUT2D eigenvalue weighted by Crippen LogP contribution is 2.36. The second kappa shape index (κ2) is 6.99. The number of hydrazine groups is 1. The van der Waals surface area contributed by atoms with Crippen molar-refractivity contribution in [3.8, 4) is 5.75 Å². The maximum Gasteiger partial charge on any atom is 0.144 e. The van der Waals surface area contributed by atoms with Crippen molar-refractivity contribution < 1.29 is 4.74 Å². The van der Waals surface area contributed by atoms with Gasteiger partial charge in [-0.15, -0.1) is 0 Å². The SMILES string of the molecule is COc1cc2c(cc1NC1=C(C(N)Br)C(N)NCN1I)CNN2. The zero-order valence-corrected chi connectivity index (χ0v) is 16.2. The quantitative estimate of drug-likeness (QED) is 0.158. The number of methoxy groups -OCH3 is 1. The van der Waals surface area contributed by atoms with Gasteiger partial charge in [0.05, 0.1) is 59.1 Å². The van der Waals surface area contributed by atoms with E-state index in [0.29, 0.717) is 6.67 Å². The number of nitrogens with one attached hydrogen (secondary N) is 4. The minimum absolute atomic E-state index is 0.318. The lowest BCUT2D eigenvalue weighted by molar-refractivity contribution is 0.413. The average molecular weight is 496 g/mol. The molecule has 10 heteroatoms. The van der Waals surface area contributed by atoms with Crippen molar-refractivity contribution in [2.45, 2.75) is 17.7 Å². The molecule has 2 atom stereocenters. The molecule has 2 heterocycles. The lowest BCUT2D eigenvalue weighted by atomic mass is 10.1. The van der Waals surface area contributed by atoms with E-state index in [1.165, 1.54) is 0 Å². The van der Waals surface area contributed by atoms with Crippen LogP contribution in [0.2, 0.25) is 0 Å². The Labute approximate surface area is 156 Å². The van der Waals surface area contributed by atoms with Gasteiger partial charge in [0.25, 0.3) is 0 Å². The smallest absolute Gasteiger partial charge is 0.144 e. The lowest BCUT2D eigenvalue weighted by Gasteiger charge is -2.35. The van der Waals surface area contributed by atoms with Gasteiger partial charge in [-0.25, -0.2) is 5.43 Å². The maximum atomic E-state index is 6.15. The van der Waals surface area contributed by atoms with Crippen LogP contribution in [0.15, 0.2) is 23.5 Å². The van der Waals surface area contributed by atoms with Crippen LogP contribution >= 0.6 is 38.8 Å². The van der Waals surface area contributed by atoms with E-state index < -0.39 is 0 Å². The van der Waals surface area contributed by atoms with Crippen LogP contribution in [0.4, 0.5) is 11.4 Å². The molecule has 126 valence electrons. The molecule has 3 rings (SSSR count). The van der Waals surface area contributed by atoms with Crippen LogP contribution in [0.3, 0.4) is 0 Å². The van der Waals surface area contributed by atoms with E-state index in [1.54, 1.807) is 7.11 Å². The van der Waals surface area contributed by atoms with Gasteiger partial charge in [0.15, 0.2) is 0 Å². The Bertz CT molecular complexity index is 639. The van der Waals surface area contributed by atoms with Crippen molar-refractivity contribution in [2.24, 2.45) is 11.5 Å². The molecule has 0 saturated heterocycles. The molecule has 2 aliphatic heterocycles. The number of hydrogen-bond acceptors (Lipinski definition) is 8. The molecule has 1 aromatic rings. The number of fused-ring (bicyclic) bond motifs is 1. The summed E-state index contributed by atoms with van der Waals surface area (Å²) in [6.07, 6.45) is -0.318. The molecule has 0 radical (unpaired) electrons. The van der Waals surface area contributed by atoms with Gasteiger partial charge in [-0.05, 0) is 11.6 Å². The Morgan fingerprint density at radius 2 is 2.30 bits per heavy atom. The highest BCUT2D eigenvalue weighted by atomic mass is 127. The normalized spacial score (nSPS) is 21.8. The van der Waals surface area contributed by atoms with E-state index in [2.05, 4.69) is 66.3 Å². The molecule has 23 heavy (non-hydrogen) atoms. The molecule has 2 unspecified atom stereocenters. The van der Waals surface area contributed by atoms with Crippen molar-refractivity contribution in [1.82, 2.24) is 13.9 Å². The van der Waals surface area contributed by atoms with E-state index in [9.17, 15) is 0 Å². The Morgan fingerprint density at radius 3 is 3.00 bits per heavy atom. The summed E-state index contributed by atoms with van der Waals surface area (Å²) in [5, 5.41) is 6.62. The van der Waals surface area contributed by atoms with Crippen LogP contribution in [-0.4, -0.2) is 28.0 Å². The summed E-state index contributed by atoms with van der Waals surface area (Å²) in [6, 6.07) is 4.02. The fourth-order valence-electron chi connectivity index (χ4n) is 2.61. The highest BCUT2D eigenvalue weighted by molar-refractivity contribution is 14.1. The molecule has 0 saturated carbocycles. The predicted molar refractivity (Wildman–Crippen MR) is 103 cm³/mol. The minimum atomic E-state index is -0.353. The van der Waals surface area contributed by atoms with Crippen LogP contribution in [0, 0.1) is 0 Å². The standard InChI is InChI=1S/C13H19BrIN7O/c1-23-9-3-7-6(4-19-21-7)2-8(9)20-13-10(11(14)16)12(17)18-5-22(13)15/h2-3,11-12,18-21H,4-5,16-17H2,1H3. The van der Waals surface area contributed by atoms with Crippen LogP contribution < -0.4 is 37.7 Å². The summed E-state index contributed by atoms with van der Waals surface area (Å²) in [6.45, 7) is 1.37. The van der Waals surface area contributed by atoms with E-state index in [-0.39, 0.29) is 11.1 Å². The Balaban J connectivity index is 2.01. The zero-order valence-electron chi connectivity index (χ0n) is 12.5. The molecule has 1 aromatic carbocycles. The Morgan fingerprint density at radius 1 is 1.52 bits per heavy atom. The van der Waals surface area contributed by atoms with Crippen LogP contribution in [-0.2, 0) is 6.54 Å². The molecule has 0 aromatic heterocycles. The second-order valence-corrected chi connectivity index (χ2v) is 7.37. The number of anilines is 2. The topological polar surface area (TPSA) is 113 Å². The molecule has 0 amide bonds. The van der Waals surface area contributed by atoms with Crippen LogP contribution in [0.1, 0.15) is 5.56 Å². The summed E-state index contributed by atoms with van der Waals surface area (Å²) >= 11 is 5.64. The van der Waals surface area contributed by atoms with Gasteiger partial charge in [0.1, 0.15) is 11.6 Å². The molecular formula is C13H19BrIN7O. The van der Waals surface area contributed by atoms with Gasteiger partial charge in [-0.2, -0.15) is 0 Å². The Hall–Kier alpha value is -0.790. The molecule has 8 N–H and O–H groups in total. The molecular weight excluding hydrogens is 477 g/mol. The number of rotatable bonds is 4. The van der Waals surface area contributed by atoms with E-state index >= 15 is 0 Å². The first-order chi connectivity index (χ1) is 11.0. The van der Waals surface area contributed by atoms with Crippen LogP contribution in [0.25, 0.3) is 0 Å². The molecule has 8 nitrogen and oxygen atoms in total. The average Bonchev–Trinajstić information content (AvgIpc) is 2.96. The van der Waals surface area contributed by atoms with E-state index in [4.69, 9.17) is 16.2 Å². The van der Waals surface area contributed by atoms with Crippen molar-refractivity contribution in [2.75, 3.05) is 24.5 Å². The highest BCUT2D eigenvalue weighted by Gasteiger charge is 2.28. The first kappa shape index (κ1) is 17.0. The maximum absolute atomic E-state index is 6.15. The van der Waals surface area contributed by atoms with Gasteiger partial charge in [-0.1, -0.05) is 15.9 Å². The summed E-state index contributed by atoms with van der Waals surface area (Å²) in [7, 11) is 1.65. The molecule has 2 aliphatic rings. The van der Waals surface area contributed by atoms with Crippen molar-refractivity contribution in [3.05, 3.63) is 29.1 Å². The van der Waals surface area contributed by atoms with Gasteiger partial charge in [0, 0.05) is 18.2 Å². The van der Waals surface area contributed by atoms with Gasteiger partial charge in [0.2, 0.25) is 0 Å². The number of nitrogens with zero attached hydrogens (tertiary/aromatic N) is 1. The number of benzene rings is 1. The number of ether oxygens (including phenoxy) is 1. The third-order valence-corrected chi connectivity index (χ3v) is 5.10. The zero-order chi connectivity index (χ0) is 16.6. The number of nitrogens with two attached hydrogens (primary N) is 2. The van der Waals surface area contributed by atoms with Crippen molar-refractivity contribution >= 4 is 50.2 Å². The third kappa shape index (κ3) is 3.37. The summed E-state index contributed by atoms with van der Waals surface area (Å²) < 4.78 is 7.51. The van der Waals surface area contributed by atoms with Crippen molar-refractivity contribution in [3.63, 3.8) is 0 Å². The summed E-state index contributed by atoms with van der Waals surface area (Å²) in [5.74, 6) is 1.60. The molecule has 0 bridgehead atoms. The summed E-state index contributed by atoms with van der Waals surface area (Å²) in [5.41, 5.74) is 22.3. The van der Waals surface area contributed by atoms with Gasteiger partial charge < -0.3 is 26.9 Å². The fourth-order valence-corrected chi connectivity index (χ4v) is 3.70. The van der Waals surface area contributed by atoms with Gasteiger partial charge in [-0.3, -0.25) is 8.43 Å². The number of alkyl halides is 1. The van der Waals surface area contributed by atoms with Crippen LogP contribution in [0.5, 0.6) is 5.75 Å².